The monoisotopic (exact) mass is 201 g/mol. The van der Waals surface area contributed by atoms with Crippen LogP contribution in [0.3, 0.4) is 0 Å². The van der Waals surface area contributed by atoms with E-state index >= 15 is 0 Å². The third kappa shape index (κ3) is 2.08. The maximum atomic E-state index is 9.30. The Morgan fingerprint density at radius 1 is 1.50 bits per heavy atom. The molecule has 1 N–H and O–H groups in total. The summed E-state index contributed by atoms with van der Waals surface area (Å²) in [5.74, 6) is 0. The first kappa shape index (κ1) is 10.4. The zero-order chi connectivity index (χ0) is 10.0. The maximum Gasteiger partial charge on any atom is 0.0674 e. The van der Waals surface area contributed by atoms with Gasteiger partial charge in [0.05, 0.1) is 37.9 Å². The van der Waals surface area contributed by atoms with E-state index in [1.54, 1.807) is 0 Å². The van der Waals surface area contributed by atoms with E-state index in [1.165, 1.54) is 0 Å². The van der Waals surface area contributed by atoms with Crippen molar-refractivity contribution in [3.63, 3.8) is 0 Å². The van der Waals surface area contributed by atoms with Gasteiger partial charge in [0.2, 0.25) is 0 Å². The first-order valence-electron chi connectivity index (χ1n) is 5.27. The molecule has 4 heteroatoms. The molecule has 0 saturated carbocycles. The summed E-state index contributed by atoms with van der Waals surface area (Å²) < 4.78 is 10.7. The van der Waals surface area contributed by atoms with Gasteiger partial charge >= 0.3 is 0 Å². The Labute approximate surface area is 84.8 Å². The van der Waals surface area contributed by atoms with Crippen molar-refractivity contribution in [1.29, 1.82) is 0 Å². The van der Waals surface area contributed by atoms with Gasteiger partial charge in [0, 0.05) is 19.6 Å². The molecular weight excluding hydrogens is 182 g/mol. The molecule has 0 aromatic carbocycles. The lowest BCUT2D eigenvalue weighted by atomic mass is 9.86. The molecule has 0 spiro atoms. The molecule has 4 nitrogen and oxygen atoms in total. The maximum absolute atomic E-state index is 9.30. The molecule has 1 atom stereocenters. The summed E-state index contributed by atoms with van der Waals surface area (Å²) in [6, 6.07) is 0. The van der Waals surface area contributed by atoms with Crippen LogP contribution in [0, 0.1) is 5.41 Å². The minimum atomic E-state index is 0.0110. The number of aliphatic hydroxyl groups excluding tert-OH is 1. The molecule has 0 amide bonds. The Kier molecular flexibility index (Phi) is 3.07. The van der Waals surface area contributed by atoms with E-state index in [0.717, 1.165) is 26.2 Å². The van der Waals surface area contributed by atoms with E-state index in [-0.39, 0.29) is 12.0 Å². The average Bonchev–Trinajstić information content (AvgIpc) is 2.11. The first-order valence-corrected chi connectivity index (χ1v) is 5.27. The van der Waals surface area contributed by atoms with Crippen LogP contribution in [-0.4, -0.2) is 62.2 Å². The Bertz CT molecular complexity index is 188. The predicted molar refractivity (Wildman–Crippen MR) is 52.2 cm³/mol. The summed E-state index contributed by atoms with van der Waals surface area (Å²) in [4.78, 5) is 2.37. The zero-order valence-corrected chi connectivity index (χ0v) is 8.74. The van der Waals surface area contributed by atoms with Crippen molar-refractivity contribution in [2.45, 2.75) is 13.0 Å². The highest BCUT2D eigenvalue weighted by atomic mass is 16.5. The van der Waals surface area contributed by atoms with Crippen LogP contribution in [0.4, 0.5) is 0 Å². The Hall–Kier alpha value is -0.160. The third-order valence-electron chi connectivity index (χ3n) is 3.04. The number of hydrogen-bond acceptors (Lipinski definition) is 4. The Morgan fingerprint density at radius 3 is 2.79 bits per heavy atom. The molecule has 2 heterocycles. The van der Waals surface area contributed by atoms with Crippen molar-refractivity contribution in [1.82, 2.24) is 4.90 Å². The molecule has 2 fully saturated rings. The predicted octanol–water partition coefficient (Wildman–Crippen LogP) is -0.284. The van der Waals surface area contributed by atoms with E-state index in [1.807, 2.05) is 0 Å². The van der Waals surface area contributed by atoms with Gasteiger partial charge in [-0.05, 0) is 6.92 Å². The van der Waals surface area contributed by atoms with Gasteiger partial charge in [-0.25, -0.2) is 0 Å². The summed E-state index contributed by atoms with van der Waals surface area (Å²) in [5.41, 5.74) is 0.0110. The number of morpholine rings is 1. The van der Waals surface area contributed by atoms with Crippen LogP contribution in [0.1, 0.15) is 6.92 Å². The molecule has 1 unspecified atom stereocenters. The van der Waals surface area contributed by atoms with E-state index in [2.05, 4.69) is 11.8 Å². The van der Waals surface area contributed by atoms with Crippen molar-refractivity contribution >= 4 is 0 Å². The van der Waals surface area contributed by atoms with Gasteiger partial charge < -0.3 is 14.6 Å². The minimum absolute atomic E-state index is 0.0110. The SMILES string of the molecule is CC1CN(CC2(CO)COC2)CCO1. The molecule has 2 saturated heterocycles. The molecule has 82 valence electrons. The third-order valence-corrected chi connectivity index (χ3v) is 3.04. The van der Waals surface area contributed by atoms with Gasteiger partial charge in [-0.1, -0.05) is 0 Å². The summed E-state index contributed by atoms with van der Waals surface area (Å²) >= 11 is 0. The molecule has 0 radical (unpaired) electrons. The Balaban J connectivity index is 1.83. The molecular formula is C10H19NO3. The fourth-order valence-electron chi connectivity index (χ4n) is 2.13. The van der Waals surface area contributed by atoms with Crippen LogP contribution in [0.5, 0.6) is 0 Å². The first-order chi connectivity index (χ1) is 6.74. The highest BCUT2D eigenvalue weighted by Crippen LogP contribution is 2.28. The second-order valence-electron chi connectivity index (χ2n) is 4.57. The molecule has 0 aromatic rings. The normalized spacial score (nSPS) is 32.6. The highest BCUT2D eigenvalue weighted by Gasteiger charge is 2.40. The van der Waals surface area contributed by atoms with Crippen LogP contribution in [-0.2, 0) is 9.47 Å². The largest absolute Gasteiger partial charge is 0.396 e. The number of aliphatic hydroxyl groups is 1. The van der Waals surface area contributed by atoms with Gasteiger partial charge in [-0.15, -0.1) is 0 Å². The number of hydrogen-bond donors (Lipinski definition) is 1. The van der Waals surface area contributed by atoms with E-state index < -0.39 is 0 Å². The van der Waals surface area contributed by atoms with Gasteiger partial charge in [0.15, 0.2) is 0 Å². The Morgan fingerprint density at radius 2 is 2.29 bits per heavy atom. The van der Waals surface area contributed by atoms with Crippen molar-refractivity contribution < 1.29 is 14.6 Å². The summed E-state index contributed by atoms with van der Waals surface area (Å²) in [6.07, 6.45) is 0.320. The molecule has 2 aliphatic heterocycles. The van der Waals surface area contributed by atoms with Crippen LogP contribution in [0.25, 0.3) is 0 Å². The standard InChI is InChI=1S/C10H19NO3/c1-9-4-11(2-3-14-9)5-10(6-12)7-13-8-10/h9,12H,2-8H2,1H3. The van der Waals surface area contributed by atoms with Crippen molar-refractivity contribution in [3.05, 3.63) is 0 Å². The second kappa shape index (κ2) is 4.14. The number of rotatable bonds is 3. The van der Waals surface area contributed by atoms with Gasteiger partial charge in [0.25, 0.3) is 0 Å². The van der Waals surface area contributed by atoms with Crippen LogP contribution in [0.2, 0.25) is 0 Å². The molecule has 14 heavy (non-hydrogen) atoms. The zero-order valence-electron chi connectivity index (χ0n) is 8.74. The number of ether oxygens (including phenoxy) is 2. The van der Waals surface area contributed by atoms with Crippen LogP contribution < -0.4 is 0 Å². The van der Waals surface area contributed by atoms with E-state index in [0.29, 0.717) is 19.3 Å². The highest BCUT2D eigenvalue weighted by molar-refractivity contribution is 4.89. The quantitative estimate of drug-likeness (QED) is 0.681. The summed E-state index contributed by atoms with van der Waals surface area (Å²) in [6.45, 7) is 7.44. The van der Waals surface area contributed by atoms with Gasteiger partial charge in [0.1, 0.15) is 0 Å². The van der Waals surface area contributed by atoms with Crippen LogP contribution >= 0.6 is 0 Å². The van der Waals surface area contributed by atoms with E-state index in [9.17, 15) is 5.11 Å². The lowest BCUT2D eigenvalue weighted by molar-refractivity contribution is -0.157. The molecule has 2 aliphatic rings. The lowest BCUT2D eigenvalue weighted by Crippen LogP contribution is -2.55. The van der Waals surface area contributed by atoms with Crippen molar-refractivity contribution in [3.8, 4) is 0 Å². The lowest BCUT2D eigenvalue weighted by Gasteiger charge is -2.44. The summed E-state index contributed by atoms with van der Waals surface area (Å²) in [7, 11) is 0. The average molecular weight is 201 g/mol. The van der Waals surface area contributed by atoms with Crippen LogP contribution in [0.15, 0.2) is 0 Å². The minimum Gasteiger partial charge on any atom is -0.396 e. The fourth-order valence-corrected chi connectivity index (χ4v) is 2.13. The fraction of sp³-hybridized carbons (Fsp3) is 1.00. The van der Waals surface area contributed by atoms with Crippen molar-refractivity contribution in [2.24, 2.45) is 5.41 Å². The van der Waals surface area contributed by atoms with E-state index in [4.69, 9.17) is 9.47 Å². The topological polar surface area (TPSA) is 41.9 Å². The molecule has 0 aromatic heterocycles. The molecule has 0 bridgehead atoms. The summed E-state index contributed by atoms with van der Waals surface area (Å²) in [5, 5.41) is 9.30. The molecule has 0 aliphatic carbocycles. The molecule has 2 rings (SSSR count). The number of nitrogens with zero attached hydrogens (tertiary/aromatic N) is 1. The second-order valence-corrected chi connectivity index (χ2v) is 4.57. The smallest absolute Gasteiger partial charge is 0.0674 e. The van der Waals surface area contributed by atoms with Gasteiger partial charge in [-0.2, -0.15) is 0 Å². The van der Waals surface area contributed by atoms with Gasteiger partial charge in [-0.3, -0.25) is 4.90 Å². The van der Waals surface area contributed by atoms with Crippen molar-refractivity contribution in [2.75, 3.05) is 46.1 Å².